The molecule has 0 aliphatic carbocycles. The molecular formula is HCl3NaRu. The van der Waals surface area contributed by atoms with Crippen LogP contribution >= 0.6 is 29.1 Å². The zero-order valence-corrected chi connectivity index (χ0v) is 5.49. The summed E-state index contributed by atoms with van der Waals surface area (Å²) in [5.74, 6) is 0. The van der Waals surface area contributed by atoms with Gasteiger partial charge in [0.1, 0.15) is 0 Å². The van der Waals surface area contributed by atoms with Crippen LogP contribution < -0.4 is 0 Å². The van der Waals surface area contributed by atoms with Crippen LogP contribution in [0.5, 0.6) is 0 Å². The Bertz CT molecular complexity index is 11.6. The number of halogens is 3. The van der Waals surface area contributed by atoms with Gasteiger partial charge in [-0.15, -0.1) is 0 Å². The van der Waals surface area contributed by atoms with Crippen molar-refractivity contribution in [2.75, 3.05) is 0 Å². The van der Waals surface area contributed by atoms with Crippen molar-refractivity contribution in [2.45, 2.75) is 0 Å². The van der Waals surface area contributed by atoms with E-state index in [1.807, 2.05) is 0 Å². The monoisotopic (exact) mass is 231 g/mol. The summed E-state index contributed by atoms with van der Waals surface area (Å²) in [5, 5.41) is 0. The third kappa shape index (κ3) is 21.1. The molecule has 0 fully saturated rings. The molecule has 0 atom stereocenters. The molecular weight excluding hydrogens is 230 g/mol. The molecule has 0 saturated heterocycles. The van der Waals surface area contributed by atoms with Crippen molar-refractivity contribution in [1.82, 2.24) is 0 Å². The third-order valence-electron chi connectivity index (χ3n) is 0. The van der Waals surface area contributed by atoms with Gasteiger partial charge in [0.25, 0.3) is 0 Å². The molecule has 0 heterocycles. The minimum atomic E-state index is -1.75. The van der Waals surface area contributed by atoms with Crippen molar-refractivity contribution in [2.24, 2.45) is 0 Å². The second-order valence-electron chi connectivity index (χ2n) is 0.152. The minimum absolute atomic E-state index is 0. The summed E-state index contributed by atoms with van der Waals surface area (Å²) in [6, 6.07) is 0. The Labute approximate surface area is 70.5 Å². The fourth-order valence-corrected chi connectivity index (χ4v) is 0. The first-order valence-corrected chi connectivity index (χ1v) is 7.12. The summed E-state index contributed by atoms with van der Waals surface area (Å²) >= 11 is -1.75. The maximum absolute atomic E-state index is 4.95. The van der Waals surface area contributed by atoms with Gasteiger partial charge in [-0.3, -0.25) is 0 Å². The topological polar surface area (TPSA) is 0 Å². The zero-order chi connectivity index (χ0) is 3.58. The first-order chi connectivity index (χ1) is 1.73. The second kappa shape index (κ2) is 6.49. The van der Waals surface area contributed by atoms with Gasteiger partial charge in [-0.1, -0.05) is 0 Å². The molecule has 0 rings (SSSR count). The molecule has 0 nitrogen and oxygen atoms in total. The molecule has 0 N–H and O–H groups in total. The summed E-state index contributed by atoms with van der Waals surface area (Å²) in [4.78, 5) is 0. The average molecular weight is 231 g/mol. The van der Waals surface area contributed by atoms with Crippen LogP contribution in [-0.4, -0.2) is 29.6 Å². The van der Waals surface area contributed by atoms with Gasteiger partial charge in [0.15, 0.2) is 0 Å². The van der Waals surface area contributed by atoms with Crippen LogP contribution in [0.15, 0.2) is 0 Å². The van der Waals surface area contributed by atoms with Crippen molar-refractivity contribution in [3.05, 3.63) is 0 Å². The zero-order valence-electron chi connectivity index (χ0n) is 1.49. The fourth-order valence-electron chi connectivity index (χ4n) is 0. The Balaban J connectivity index is 0. The van der Waals surface area contributed by atoms with E-state index in [9.17, 15) is 0 Å². The first kappa shape index (κ1) is 10.5. The Hall–Kier alpha value is 2.49. The average Bonchev–Trinajstić information content (AvgIpc) is 0.811. The van der Waals surface area contributed by atoms with Crippen molar-refractivity contribution in [3.8, 4) is 0 Å². The molecule has 0 aromatic heterocycles. The van der Waals surface area contributed by atoms with Gasteiger partial charge in [-0.05, 0) is 0 Å². The van der Waals surface area contributed by atoms with Gasteiger partial charge in [0.2, 0.25) is 0 Å². The summed E-state index contributed by atoms with van der Waals surface area (Å²) < 4.78 is 0. The molecule has 0 amide bonds. The van der Waals surface area contributed by atoms with Crippen LogP contribution in [0.2, 0.25) is 0 Å². The summed E-state index contributed by atoms with van der Waals surface area (Å²) in [6.07, 6.45) is 0. The van der Waals surface area contributed by atoms with E-state index in [1.165, 1.54) is 0 Å². The second-order valence-corrected chi connectivity index (χ2v) is 8.07. The van der Waals surface area contributed by atoms with Crippen LogP contribution in [0.25, 0.3) is 0 Å². The first-order valence-electron chi connectivity index (χ1n) is 0.401. The number of rotatable bonds is 0. The molecule has 0 spiro atoms. The van der Waals surface area contributed by atoms with Crippen molar-refractivity contribution in [3.63, 3.8) is 0 Å². The van der Waals surface area contributed by atoms with E-state index in [-0.39, 0.29) is 29.6 Å². The summed E-state index contributed by atoms with van der Waals surface area (Å²) in [6.45, 7) is 0. The summed E-state index contributed by atoms with van der Waals surface area (Å²) in [5.41, 5.74) is 0. The molecule has 0 radical (unpaired) electrons. The van der Waals surface area contributed by atoms with E-state index in [4.69, 9.17) is 29.1 Å². The molecule has 5 heteroatoms. The quantitative estimate of drug-likeness (QED) is 0.553. The molecule has 0 unspecified atom stereocenters. The predicted molar refractivity (Wildman–Crippen MR) is 24.7 cm³/mol. The van der Waals surface area contributed by atoms with Crippen molar-refractivity contribution >= 4 is 58.6 Å². The molecule has 0 aromatic carbocycles. The van der Waals surface area contributed by atoms with E-state index >= 15 is 0 Å². The van der Waals surface area contributed by atoms with Crippen LogP contribution in [0.1, 0.15) is 0 Å². The predicted octanol–water partition coefficient (Wildman–Crippen LogP) is 1.42. The Morgan fingerprint density at radius 3 is 1.00 bits per heavy atom. The Morgan fingerprint density at radius 2 is 1.00 bits per heavy atom. The summed E-state index contributed by atoms with van der Waals surface area (Å²) in [7, 11) is 14.8. The van der Waals surface area contributed by atoms with Crippen LogP contribution in [0, 0.1) is 0 Å². The van der Waals surface area contributed by atoms with Gasteiger partial charge < -0.3 is 0 Å². The van der Waals surface area contributed by atoms with Crippen molar-refractivity contribution < 1.29 is 13.0 Å². The molecule has 0 aromatic rings. The molecule has 0 aliphatic heterocycles. The molecule has 0 aliphatic rings. The van der Waals surface area contributed by atoms with Gasteiger partial charge >= 0.3 is 71.6 Å². The maximum atomic E-state index is 4.95. The Morgan fingerprint density at radius 1 is 1.00 bits per heavy atom. The fraction of sp³-hybridized carbons (Fsp3) is 0. The van der Waals surface area contributed by atoms with Crippen LogP contribution in [0.3, 0.4) is 0 Å². The van der Waals surface area contributed by atoms with Crippen molar-refractivity contribution in [1.29, 1.82) is 0 Å². The van der Waals surface area contributed by atoms with Gasteiger partial charge in [-0.2, -0.15) is 0 Å². The van der Waals surface area contributed by atoms with E-state index in [0.29, 0.717) is 0 Å². The molecule has 5 heavy (non-hydrogen) atoms. The molecule has 0 saturated carbocycles. The van der Waals surface area contributed by atoms with E-state index in [0.717, 1.165) is 0 Å². The van der Waals surface area contributed by atoms with Gasteiger partial charge in [-0.25, -0.2) is 0 Å². The van der Waals surface area contributed by atoms with Crippen LogP contribution in [-0.2, 0) is 13.0 Å². The SMILES string of the molecule is [Cl][Ru]([Cl])[Cl].[NaH]. The number of hydrogen-bond donors (Lipinski definition) is 0. The Kier molecular flexibility index (Phi) is 13.6. The third-order valence-corrected chi connectivity index (χ3v) is 0. The number of hydrogen-bond acceptors (Lipinski definition) is 0. The standard InChI is InChI=1S/3ClH.Na.Ru.H/h3*1H;;;/q;;;;+3;/p-3. The normalized spacial score (nSPS) is 9.00. The van der Waals surface area contributed by atoms with Gasteiger partial charge in [0.05, 0.1) is 0 Å². The van der Waals surface area contributed by atoms with E-state index < -0.39 is 13.0 Å². The molecule has 31 valence electrons. The van der Waals surface area contributed by atoms with E-state index in [2.05, 4.69) is 0 Å². The van der Waals surface area contributed by atoms with Gasteiger partial charge in [0, 0.05) is 0 Å². The molecule has 0 bridgehead atoms. The van der Waals surface area contributed by atoms with E-state index in [1.54, 1.807) is 0 Å². The van der Waals surface area contributed by atoms with Crippen LogP contribution in [0.4, 0.5) is 0 Å².